The number of aryl methyl sites for hydroxylation is 2. The Morgan fingerprint density at radius 3 is 2.65 bits per heavy atom. The molecular formula is C15H14N2O2S. The molecule has 0 radical (unpaired) electrons. The van der Waals surface area contributed by atoms with Crippen molar-refractivity contribution in [3.8, 4) is 0 Å². The molecule has 1 aliphatic carbocycles. The summed E-state index contributed by atoms with van der Waals surface area (Å²) in [6, 6.07) is 11.1. The van der Waals surface area contributed by atoms with E-state index in [-0.39, 0.29) is 5.69 Å². The van der Waals surface area contributed by atoms with E-state index in [1.54, 1.807) is 17.8 Å². The van der Waals surface area contributed by atoms with Crippen LogP contribution in [0.5, 0.6) is 0 Å². The molecule has 0 heterocycles. The van der Waals surface area contributed by atoms with Crippen LogP contribution >= 0.6 is 11.8 Å². The molecule has 1 aliphatic rings. The first-order valence-electron chi connectivity index (χ1n) is 6.47. The van der Waals surface area contributed by atoms with Crippen molar-refractivity contribution in [3.63, 3.8) is 0 Å². The maximum atomic E-state index is 10.7. The minimum Gasteiger partial charge on any atom is -0.398 e. The maximum absolute atomic E-state index is 10.7. The largest absolute Gasteiger partial charge is 0.398 e. The minimum absolute atomic E-state index is 0.0285. The molecule has 0 fully saturated rings. The van der Waals surface area contributed by atoms with Gasteiger partial charge in [0.05, 0.1) is 10.6 Å². The normalized spacial score (nSPS) is 13.2. The van der Waals surface area contributed by atoms with Crippen LogP contribution in [0.3, 0.4) is 0 Å². The molecule has 102 valence electrons. The quantitative estimate of drug-likeness (QED) is 0.529. The predicted molar refractivity (Wildman–Crippen MR) is 80.1 cm³/mol. The molecule has 3 rings (SSSR count). The first-order chi connectivity index (χ1) is 9.63. The van der Waals surface area contributed by atoms with Gasteiger partial charge in [-0.2, -0.15) is 0 Å². The van der Waals surface area contributed by atoms with Gasteiger partial charge in [0.15, 0.2) is 0 Å². The van der Waals surface area contributed by atoms with Crippen molar-refractivity contribution in [2.45, 2.75) is 29.1 Å². The van der Waals surface area contributed by atoms with Crippen molar-refractivity contribution < 1.29 is 4.92 Å². The van der Waals surface area contributed by atoms with E-state index in [1.165, 1.54) is 36.1 Å². The number of anilines is 1. The van der Waals surface area contributed by atoms with Crippen LogP contribution in [0.25, 0.3) is 0 Å². The van der Waals surface area contributed by atoms with Crippen LogP contribution in [0.15, 0.2) is 46.2 Å². The highest BCUT2D eigenvalue weighted by Gasteiger charge is 2.13. The molecule has 0 atom stereocenters. The van der Waals surface area contributed by atoms with Gasteiger partial charge in [-0.15, -0.1) is 0 Å². The number of nitro groups is 1. The highest BCUT2D eigenvalue weighted by Crippen LogP contribution is 2.36. The average molecular weight is 286 g/mol. The van der Waals surface area contributed by atoms with E-state index in [4.69, 9.17) is 5.73 Å². The van der Waals surface area contributed by atoms with Crippen LogP contribution in [0.2, 0.25) is 0 Å². The van der Waals surface area contributed by atoms with Gasteiger partial charge in [0.2, 0.25) is 0 Å². The number of nitrogens with two attached hydrogens (primary N) is 1. The molecule has 0 amide bonds. The van der Waals surface area contributed by atoms with E-state index in [9.17, 15) is 10.1 Å². The summed E-state index contributed by atoms with van der Waals surface area (Å²) in [5.74, 6) is 0. The lowest BCUT2D eigenvalue weighted by molar-refractivity contribution is -0.384. The monoisotopic (exact) mass is 286 g/mol. The Morgan fingerprint density at radius 2 is 1.90 bits per heavy atom. The highest BCUT2D eigenvalue weighted by atomic mass is 32.2. The molecule has 0 aromatic heterocycles. The van der Waals surface area contributed by atoms with Crippen LogP contribution in [0, 0.1) is 10.1 Å². The maximum Gasteiger partial charge on any atom is 0.271 e. The van der Waals surface area contributed by atoms with Gasteiger partial charge in [-0.3, -0.25) is 10.1 Å². The van der Waals surface area contributed by atoms with E-state index in [2.05, 4.69) is 18.2 Å². The van der Waals surface area contributed by atoms with E-state index in [1.807, 2.05) is 0 Å². The fourth-order valence-corrected chi connectivity index (χ4v) is 3.39. The van der Waals surface area contributed by atoms with Gasteiger partial charge in [0, 0.05) is 21.9 Å². The number of non-ortho nitro benzene ring substituents is 1. The Balaban J connectivity index is 1.86. The zero-order valence-electron chi connectivity index (χ0n) is 10.8. The molecule has 0 saturated carbocycles. The highest BCUT2D eigenvalue weighted by molar-refractivity contribution is 7.99. The second-order valence-corrected chi connectivity index (χ2v) is 5.98. The third-order valence-corrected chi connectivity index (χ3v) is 4.58. The summed E-state index contributed by atoms with van der Waals surface area (Å²) < 4.78 is 0. The van der Waals surface area contributed by atoms with E-state index in [0.29, 0.717) is 5.69 Å². The van der Waals surface area contributed by atoms with Crippen LogP contribution in [-0.4, -0.2) is 4.92 Å². The molecule has 4 nitrogen and oxygen atoms in total. The van der Waals surface area contributed by atoms with Crippen LogP contribution in [-0.2, 0) is 12.8 Å². The van der Waals surface area contributed by atoms with Crippen LogP contribution < -0.4 is 5.73 Å². The first kappa shape index (κ1) is 13.0. The van der Waals surface area contributed by atoms with Gasteiger partial charge in [-0.25, -0.2) is 0 Å². The van der Waals surface area contributed by atoms with Gasteiger partial charge in [0.25, 0.3) is 5.69 Å². The Hall–Kier alpha value is -2.01. The Bertz CT molecular complexity index is 686. The first-order valence-corrected chi connectivity index (χ1v) is 7.29. The van der Waals surface area contributed by atoms with Crippen molar-refractivity contribution in [3.05, 3.63) is 57.6 Å². The summed E-state index contributed by atoms with van der Waals surface area (Å²) in [4.78, 5) is 12.2. The van der Waals surface area contributed by atoms with E-state index < -0.39 is 4.92 Å². The molecule has 0 bridgehead atoms. The number of benzene rings is 2. The van der Waals surface area contributed by atoms with Gasteiger partial charge in [0.1, 0.15) is 0 Å². The molecule has 0 aliphatic heterocycles. The fourth-order valence-electron chi connectivity index (χ4n) is 2.48. The number of fused-ring (bicyclic) bond motifs is 1. The Labute approximate surface area is 121 Å². The zero-order valence-corrected chi connectivity index (χ0v) is 11.7. The number of rotatable bonds is 3. The molecule has 0 unspecified atom stereocenters. The summed E-state index contributed by atoms with van der Waals surface area (Å²) in [6.07, 6.45) is 3.53. The van der Waals surface area contributed by atoms with Crippen LogP contribution in [0.4, 0.5) is 11.4 Å². The molecule has 2 aromatic rings. The smallest absolute Gasteiger partial charge is 0.271 e. The second kappa shape index (κ2) is 5.17. The van der Waals surface area contributed by atoms with Gasteiger partial charge in [-0.1, -0.05) is 17.8 Å². The van der Waals surface area contributed by atoms with Gasteiger partial charge in [-0.05, 0) is 48.6 Å². The Morgan fingerprint density at radius 1 is 1.10 bits per heavy atom. The molecular weight excluding hydrogens is 272 g/mol. The molecule has 2 N–H and O–H groups in total. The lowest BCUT2D eigenvalue weighted by atomic mass is 10.1. The summed E-state index contributed by atoms with van der Waals surface area (Å²) >= 11 is 1.55. The summed E-state index contributed by atoms with van der Waals surface area (Å²) in [7, 11) is 0. The molecule has 0 saturated heterocycles. The minimum atomic E-state index is -0.430. The van der Waals surface area contributed by atoms with Gasteiger partial charge >= 0.3 is 0 Å². The second-order valence-electron chi connectivity index (χ2n) is 4.87. The summed E-state index contributed by atoms with van der Waals surface area (Å²) in [6.45, 7) is 0. The third kappa shape index (κ3) is 2.49. The predicted octanol–water partition coefficient (Wildman–Crippen LogP) is 3.82. The molecule has 5 heteroatoms. The number of hydrogen-bond acceptors (Lipinski definition) is 4. The third-order valence-electron chi connectivity index (χ3n) is 3.50. The zero-order chi connectivity index (χ0) is 14.1. The molecule has 20 heavy (non-hydrogen) atoms. The topological polar surface area (TPSA) is 69.2 Å². The number of hydrogen-bond donors (Lipinski definition) is 1. The lowest BCUT2D eigenvalue weighted by Gasteiger charge is -2.07. The number of nitro benzene ring substituents is 1. The molecule has 0 spiro atoms. The van der Waals surface area contributed by atoms with Crippen molar-refractivity contribution >= 4 is 23.1 Å². The molecule has 2 aromatic carbocycles. The lowest BCUT2D eigenvalue weighted by Crippen LogP contribution is -1.93. The van der Waals surface area contributed by atoms with E-state index in [0.717, 1.165) is 16.2 Å². The van der Waals surface area contributed by atoms with Gasteiger partial charge < -0.3 is 5.73 Å². The standard InChI is InChI=1S/C15H14N2O2S/c16-14-9-12(17(18)19)5-7-15(14)20-13-6-4-10-2-1-3-11(10)8-13/h4-9H,1-3,16H2. The summed E-state index contributed by atoms with van der Waals surface area (Å²) in [5, 5.41) is 10.7. The van der Waals surface area contributed by atoms with Crippen LogP contribution in [0.1, 0.15) is 17.5 Å². The number of nitrogen functional groups attached to an aromatic ring is 1. The van der Waals surface area contributed by atoms with Crippen molar-refractivity contribution in [2.24, 2.45) is 0 Å². The average Bonchev–Trinajstić information content (AvgIpc) is 2.88. The number of nitrogens with zero attached hydrogens (tertiary/aromatic N) is 1. The van der Waals surface area contributed by atoms with Crippen molar-refractivity contribution in [2.75, 3.05) is 5.73 Å². The SMILES string of the molecule is Nc1cc([N+](=O)[O-])ccc1Sc1ccc2c(c1)CCC2. The van der Waals surface area contributed by atoms with E-state index >= 15 is 0 Å². The summed E-state index contributed by atoms with van der Waals surface area (Å²) in [5.41, 5.74) is 9.22. The fraction of sp³-hybridized carbons (Fsp3) is 0.200. The van der Waals surface area contributed by atoms with Crippen molar-refractivity contribution in [1.82, 2.24) is 0 Å². The Kier molecular flexibility index (Phi) is 3.36. The van der Waals surface area contributed by atoms with Crippen molar-refractivity contribution in [1.29, 1.82) is 0 Å².